The number of ether oxygens (including phenoxy) is 1. The molecule has 0 saturated carbocycles. The minimum atomic E-state index is -0.618. The molecule has 1 saturated heterocycles. The zero-order valence-corrected chi connectivity index (χ0v) is 17.9. The Hall–Kier alpha value is -2.57. The third-order valence-electron chi connectivity index (χ3n) is 5.29. The predicted octanol–water partition coefficient (Wildman–Crippen LogP) is 2.21. The van der Waals surface area contributed by atoms with E-state index in [1.165, 1.54) is 0 Å². The van der Waals surface area contributed by atoms with Crippen LogP contribution in [0.15, 0.2) is 24.3 Å². The van der Waals surface area contributed by atoms with Gasteiger partial charge in [-0.2, -0.15) is 0 Å². The zero-order valence-electron chi connectivity index (χ0n) is 17.9. The van der Waals surface area contributed by atoms with E-state index in [1.54, 1.807) is 31.4 Å². The molecule has 2 N–H and O–H groups in total. The van der Waals surface area contributed by atoms with Gasteiger partial charge in [0.1, 0.15) is 11.8 Å². The van der Waals surface area contributed by atoms with E-state index < -0.39 is 6.04 Å². The molecule has 29 heavy (non-hydrogen) atoms. The van der Waals surface area contributed by atoms with Crippen LogP contribution in [0.3, 0.4) is 0 Å². The predicted molar refractivity (Wildman–Crippen MR) is 112 cm³/mol. The van der Waals surface area contributed by atoms with Crippen molar-refractivity contribution in [2.45, 2.75) is 46.1 Å². The van der Waals surface area contributed by atoms with E-state index >= 15 is 0 Å². The lowest BCUT2D eigenvalue weighted by molar-refractivity contribution is -0.136. The van der Waals surface area contributed by atoms with Gasteiger partial charge in [0.05, 0.1) is 7.11 Å². The Bertz CT molecular complexity index is 695. The number of carbonyl (C=O) groups excluding carboxylic acids is 3. The number of likely N-dealkylation sites (tertiary alicyclic amines) is 1. The SMILES string of the molecule is CCCNC(=O)C(NC(=O)c1ccc(OC)cc1)C1CCN(C(=O)C(C)C)CC1. The smallest absolute Gasteiger partial charge is 0.251 e. The maximum atomic E-state index is 12.8. The van der Waals surface area contributed by atoms with Gasteiger partial charge in [-0.15, -0.1) is 0 Å². The van der Waals surface area contributed by atoms with Crippen LogP contribution in [0, 0.1) is 11.8 Å². The number of hydrogen-bond acceptors (Lipinski definition) is 4. The van der Waals surface area contributed by atoms with Crippen molar-refractivity contribution in [1.82, 2.24) is 15.5 Å². The highest BCUT2D eigenvalue weighted by Crippen LogP contribution is 2.23. The van der Waals surface area contributed by atoms with Gasteiger partial charge < -0.3 is 20.3 Å². The Kier molecular flexibility index (Phi) is 8.49. The summed E-state index contributed by atoms with van der Waals surface area (Å²) < 4.78 is 5.13. The minimum Gasteiger partial charge on any atom is -0.497 e. The van der Waals surface area contributed by atoms with Gasteiger partial charge in [-0.25, -0.2) is 0 Å². The topological polar surface area (TPSA) is 87.7 Å². The van der Waals surface area contributed by atoms with E-state index in [-0.39, 0.29) is 29.6 Å². The van der Waals surface area contributed by atoms with Crippen molar-refractivity contribution < 1.29 is 19.1 Å². The first-order chi connectivity index (χ1) is 13.9. The van der Waals surface area contributed by atoms with Gasteiger partial charge in [-0.3, -0.25) is 14.4 Å². The maximum Gasteiger partial charge on any atom is 0.251 e. The summed E-state index contributed by atoms with van der Waals surface area (Å²) in [6.07, 6.45) is 2.20. The molecule has 3 amide bonds. The van der Waals surface area contributed by atoms with Crippen molar-refractivity contribution in [2.24, 2.45) is 11.8 Å². The second kappa shape index (κ2) is 10.8. The van der Waals surface area contributed by atoms with Gasteiger partial charge in [-0.1, -0.05) is 20.8 Å². The van der Waals surface area contributed by atoms with E-state index in [9.17, 15) is 14.4 Å². The van der Waals surface area contributed by atoms with Crippen LogP contribution in [0.1, 0.15) is 50.4 Å². The molecule has 1 aromatic carbocycles. The van der Waals surface area contributed by atoms with Crippen molar-refractivity contribution in [3.63, 3.8) is 0 Å². The number of amides is 3. The van der Waals surface area contributed by atoms with Crippen molar-refractivity contribution >= 4 is 17.7 Å². The minimum absolute atomic E-state index is 0.00901. The lowest BCUT2D eigenvalue weighted by Crippen LogP contribution is -2.54. The molecule has 0 radical (unpaired) electrons. The first kappa shape index (κ1) is 22.7. The monoisotopic (exact) mass is 403 g/mol. The summed E-state index contributed by atoms with van der Waals surface area (Å²) in [5.74, 6) is 0.307. The molecular formula is C22H33N3O4. The highest BCUT2D eigenvalue weighted by atomic mass is 16.5. The lowest BCUT2D eigenvalue weighted by Gasteiger charge is -2.36. The average Bonchev–Trinajstić information content (AvgIpc) is 2.75. The third kappa shape index (κ3) is 6.21. The first-order valence-corrected chi connectivity index (χ1v) is 10.4. The molecule has 1 aliphatic heterocycles. The Labute approximate surface area is 173 Å². The third-order valence-corrected chi connectivity index (χ3v) is 5.29. The fourth-order valence-corrected chi connectivity index (χ4v) is 3.54. The second-order valence-electron chi connectivity index (χ2n) is 7.79. The Morgan fingerprint density at radius 2 is 1.76 bits per heavy atom. The molecule has 7 nitrogen and oxygen atoms in total. The lowest BCUT2D eigenvalue weighted by atomic mass is 9.88. The average molecular weight is 404 g/mol. The summed E-state index contributed by atoms with van der Waals surface area (Å²) in [5.41, 5.74) is 0.478. The summed E-state index contributed by atoms with van der Waals surface area (Å²) in [6, 6.07) is 6.18. The molecule has 160 valence electrons. The molecule has 7 heteroatoms. The Balaban J connectivity index is 2.07. The van der Waals surface area contributed by atoms with Crippen molar-refractivity contribution in [1.29, 1.82) is 0 Å². The Morgan fingerprint density at radius 1 is 1.14 bits per heavy atom. The van der Waals surface area contributed by atoms with E-state index in [2.05, 4.69) is 10.6 Å². The van der Waals surface area contributed by atoms with Gasteiger partial charge in [0.2, 0.25) is 11.8 Å². The maximum absolute atomic E-state index is 12.8. The van der Waals surface area contributed by atoms with Crippen LogP contribution in [-0.4, -0.2) is 55.4 Å². The Morgan fingerprint density at radius 3 is 2.28 bits per heavy atom. The highest BCUT2D eigenvalue weighted by molar-refractivity contribution is 5.97. The standard InChI is InChI=1S/C22H33N3O4/c1-5-12-23-21(27)19(16-10-13-25(14-11-16)22(28)15(2)3)24-20(26)17-6-8-18(29-4)9-7-17/h6-9,15-16,19H,5,10-14H2,1-4H3,(H,23,27)(H,24,26). The normalized spacial score (nSPS) is 15.7. The molecule has 0 bridgehead atoms. The highest BCUT2D eigenvalue weighted by Gasteiger charge is 2.34. The number of nitrogens with one attached hydrogen (secondary N) is 2. The summed E-state index contributed by atoms with van der Waals surface area (Å²) in [6.45, 7) is 7.56. The van der Waals surface area contributed by atoms with E-state index in [0.717, 1.165) is 6.42 Å². The molecular weight excluding hydrogens is 370 g/mol. The van der Waals surface area contributed by atoms with Crippen LogP contribution in [0.2, 0.25) is 0 Å². The number of benzene rings is 1. The molecule has 1 aromatic rings. The number of methoxy groups -OCH3 is 1. The summed E-state index contributed by atoms with van der Waals surface area (Å²) in [7, 11) is 1.57. The fourth-order valence-electron chi connectivity index (χ4n) is 3.54. The van der Waals surface area contributed by atoms with E-state index in [0.29, 0.717) is 43.8 Å². The molecule has 1 unspecified atom stereocenters. The number of piperidine rings is 1. The zero-order chi connectivity index (χ0) is 21.4. The van der Waals surface area contributed by atoms with Crippen LogP contribution >= 0.6 is 0 Å². The van der Waals surface area contributed by atoms with Gasteiger partial charge in [0.15, 0.2) is 0 Å². The first-order valence-electron chi connectivity index (χ1n) is 10.4. The van der Waals surface area contributed by atoms with Crippen LogP contribution in [-0.2, 0) is 9.59 Å². The van der Waals surface area contributed by atoms with Crippen LogP contribution < -0.4 is 15.4 Å². The molecule has 0 aliphatic carbocycles. The molecule has 0 aromatic heterocycles. The molecule has 1 heterocycles. The van der Waals surface area contributed by atoms with E-state index in [4.69, 9.17) is 4.74 Å². The molecule has 2 rings (SSSR count). The molecule has 1 aliphatic rings. The summed E-state index contributed by atoms with van der Waals surface area (Å²) >= 11 is 0. The second-order valence-corrected chi connectivity index (χ2v) is 7.79. The largest absolute Gasteiger partial charge is 0.497 e. The molecule has 1 fully saturated rings. The van der Waals surface area contributed by atoms with Crippen LogP contribution in [0.4, 0.5) is 0 Å². The van der Waals surface area contributed by atoms with Crippen molar-refractivity contribution in [3.05, 3.63) is 29.8 Å². The van der Waals surface area contributed by atoms with Crippen molar-refractivity contribution in [2.75, 3.05) is 26.7 Å². The van der Waals surface area contributed by atoms with E-state index in [1.807, 2.05) is 25.7 Å². The van der Waals surface area contributed by atoms with Crippen LogP contribution in [0.5, 0.6) is 5.75 Å². The van der Waals surface area contributed by atoms with Crippen LogP contribution in [0.25, 0.3) is 0 Å². The summed E-state index contributed by atoms with van der Waals surface area (Å²) in [4.78, 5) is 39.6. The number of hydrogen-bond donors (Lipinski definition) is 2. The van der Waals surface area contributed by atoms with Crippen molar-refractivity contribution in [3.8, 4) is 5.75 Å². The summed E-state index contributed by atoms with van der Waals surface area (Å²) in [5, 5.41) is 5.82. The van der Waals surface area contributed by atoms with Gasteiger partial charge >= 0.3 is 0 Å². The molecule has 1 atom stereocenters. The fraction of sp³-hybridized carbons (Fsp3) is 0.591. The van der Waals surface area contributed by atoms with Gasteiger partial charge in [0.25, 0.3) is 5.91 Å². The number of carbonyl (C=O) groups is 3. The quantitative estimate of drug-likeness (QED) is 0.697. The number of nitrogens with zero attached hydrogens (tertiary/aromatic N) is 1. The number of rotatable bonds is 8. The molecule has 0 spiro atoms. The van der Waals surface area contributed by atoms with Gasteiger partial charge in [0, 0.05) is 31.1 Å². The van der Waals surface area contributed by atoms with Gasteiger partial charge in [-0.05, 0) is 49.4 Å².